The van der Waals surface area contributed by atoms with E-state index in [0.717, 1.165) is 39.1 Å². The van der Waals surface area contributed by atoms with E-state index in [2.05, 4.69) is 47.1 Å². The second-order valence-electron chi connectivity index (χ2n) is 6.52. The van der Waals surface area contributed by atoms with Crippen molar-refractivity contribution in [1.82, 2.24) is 9.80 Å². The molecule has 2 heterocycles. The summed E-state index contributed by atoms with van der Waals surface area (Å²) in [4.78, 5) is 5.12. The summed E-state index contributed by atoms with van der Waals surface area (Å²) in [6.45, 7) is 8.09. The van der Waals surface area contributed by atoms with Crippen LogP contribution in [-0.4, -0.2) is 53.7 Å². The Bertz CT molecular complexity index is 422. The molecule has 1 aromatic rings. The zero-order valence-corrected chi connectivity index (χ0v) is 11.8. The van der Waals surface area contributed by atoms with Gasteiger partial charge in [0.05, 0.1) is 0 Å². The van der Waals surface area contributed by atoms with Crippen LogP contribution in [0.3, 0.4) is 0 Å². The fourth-order valence-electron chi connectivity index (χ4n) is 3.58. The van der Waals surface area contributed by atoms with Crippen molar-refractivity contribution in [3.05, 3.63) is 35.9 Å². The molecule has 0 bridgehead atoms. The van der Waals surface area contributed by atoms with Gasteiger partial charge in [-0.3, -0.25) is 9.80 Å². The van der Waals surface area contributed by atoms with Crippen LogP contribution in [0.2, 0.25) is 0 Å². The van der Waals surface area contributed by atoms with Crippen molar-refractivity contribution < 1.29 is 5.11 Å². The lowest BCUT2D eigenvalue weighted by atomic mass is 9.89. The van der Waals surface area contributed by atoms with Crippen LogP contribution in [0.25, 0.3) is 0 Å². The van der Waals surface area contributed by atoms with Crippen LogP contribution in [0.1, 0.15) is 18.9 Å². The van der Waals surface area contributed by atoms with E-state index in [1.54, 1.807) is 0 Å². The van der Waals surface area contributed by atoms with Crippen molar-refractivity contribution in [2.75, 3.05) is 32.8 Å². The third-order valence-corrected chi connectivity index (χ3v) is 4.63. The molecule has 104 valence electrons. The molecule has 0 aromatic heterocycles. The quantitative estimate of drug-likeness (QED) is 0.894. The van der Waals surface area contributed by atoms with Gasteiger partial charge < -0.3 is 5.11 Å². The summed E-state index contributed by atoms with van der Waals surface area (Å²) in [5, 5.41) is 9.53. The van der Waals surface area contributed by atoms with Gasteiger partial charge in [-0.15, -0.1) is 0 Å². The predicted molar refractivity (Wildman–Crippen MR) is 76.9 cm³/mol. The average molecular weight is 260 g/mol. The number of aliphatic hydroxyl groups excluding tert-OH is 1. The van der Waals surface area contributed by atoms with Crippen molar-refractivity contribution in [1.29, 1.82) is 0 Å². The van der Waals surface area contributed by atoms with Gasteiger partial charge in [0, 0.05) is 50.8 Å². The Labute approximate surface area is 115 Å². The zero-order chi connectivity index (χ0) is 13.3. The average Bonchev–Trinajstić information content (AvgIpc) is 2.76. The molecule has 2 unspecified atom stereocenters. The summed E-state index contributed by atoms with van der Waals surface area (Å²) in [6.07, 6.45) is 1.13. The third-order valence-electron chi connectivity index (χ3n) is 4.63. The highest BCUT2D eigenvalue weighted by Crippen LogP contribution is 2.35. The fraction of sp³-hybridized carbons (Fsp3) is 0.625. The number of hydrogen-bond donors (Lipinski definition) is 1. The first-order valence-corrected chi connectivity index (χ1v) is 7.30. The molecule has 19 heavy (non-hydrogen) atoms. The van der Waals surface area contributed by atoms with E-state index in [1.807, 2.05) is 0 Å². The Hall–Kier alpha value is -0.900. The number of piperazine rings is 1. The highest BCUT2D eigenvalue weighted by molar-refractivity contribution is 5.14. The normalized spacial score (nSPS) is 32.4. The van der Waals surface area contributed by atoms with E-state index < -0.39 is 0 Å². The molecule has 0 aliphatic carbocycles. The highest BCUT2D eigenvalue weighted by Gasteiger charge is 2.42. The molecule has 0 spiro atoms. The first kappa shape index (κ1) is 13.1. The monoisotopic (exact) mass is 260 g/mol. The lowest BCUT2D eigenvalue weighted by Gasteiger charge is -2.37. The smallest absolute Gasteiger partial charge is 0.0497 e. The first-order chi connectivity index (χ1) is 9.18. The van der Waals surface area contributed by atoms with Crippen molar-refractivity contribution in [2.45, 2.75) is 25.9 Å². The van der Waals surface area contributed by atoms with Crippen molar-refractivity contribution in [2.24, 2.45) is 5.41 Å². The van der Waals surface area contributed by atoms with E-state index in [9.17, 15) is 5.11 Å². The third kappa shape index (κ3) is 2.83. The Morgan fingerprint density at radius 2 is 2.05 bits per heavy atom. The van der Waals surface area contributed by atoms with E-state index in [0.29, 0.717) is 12.6 Å². The Morgan fingerprint density at radius 3 is 2.79 bits per heavy atom. The van der Waals surface area contributed by atoms with Crippen LogP contribution in [0, 0.1) is 5.41 Å². The van der Waals surface area contributed by atoms with E-state index in [1.165, 1.54) is 5.56 Å². The Balaban J connectivity index is 1.61. The molecular formula is C16H24N2O. The standard InChI is InChI=1S/C16H24N2O/c1-16(13-19)9-15-11-17(7-8-18(15)12-16)10-14-5-3-2-4-6-14/h2-6,15,19H,7-13H2,1H3. The van der Waals surface area contributed by atoms with Crippen LogP contribution in [0.5, 0.6) is 0 Å². The second kappa shape index (κ2) is 5.23. The maximum Gasteiger partial charge on any atom is 0.0497 e. The topological polar surface area (TPSA) is 26.7 Å². The van der Waals surface area contributed by atoms with Crippen molar-refractivity contribution in [3.63, 3.8) is 0 Å². The van der Waals surface area contributed by atoms with Crippen LogP contribution >= 0.6 is 0 Å². The molecule has 3 heteroatoms. The van der Waals surface area contributed by atoms with Gasteiger partial charge in [-0.25, -0.2) is 0 Å². The summed E-state index contributed by atoms with van der Waals surface area (Å²) in [7, 11) is 0. The molecule has 2 aliphatic heterocycles. The minimum Gasteiger partial charge on any atom is -0.396 e. The molecular weight excluding hydrogens is 236 g/mol. The lowest BCUT2D eigenvalue weighted by Crippen LogP contribution is -2.49. The van der Waals surface area contributed by atoms with Crippen LogP contribution in [-0.2, 0) is 6.54 Å². The number of aliphatic hydroxyl groups is 1. The fourth-order valence-corrected chi connectivity index (χ4v) is 3.58. The van der Waals surface area contributed by atoms with Gasteiger partial charge in [0.25, 0.3) is 0 Å². The molecule has 0 amide bonds. The number of fused-ring (bicyclic) bond motifs is 1. The van der Waals surface area contributed by atoms with Gasteiger partial charge in [-0.2, -0.15) is 0 Å². The van der Waals surface area contributed by atoms with Crippen LogP contribution in [0.15, 0.2) is 30.3 Å². The maximum atomic E-state index is 9.53. The van der Waals surface area contributed by atoms with Crippen molar-refractivity contribution >= 4 is 0 Å². The summed E-state index contributed by atoms with van der Waals surface area (Å²) in [6, 6.07) is 11.4. The zero-order valence-electron chi connectivity index (χ0n) is 11.8. The van der Waals surface area contributed by atoms with Gasteiger partial charge in [-0.1, -0.05) is 37.3 Å². The molecule has 0 saturated carbocycles. The molecule has 2 saturated heterocycles. The minimum atomic E-state index is 0.118. The number of rotatable bonds is 3. The maximum absolute atomic E-state index is 9.53. The molecule has 2 atom stereocenters. The number of nitrogens with zero attached hydrogens (tertiary/aromatic N) is 2. The highest BCUT2D eigenvalue weighted by atomic mass is 16.3. The van der Waals surface area contributed by atoms with Gasteiger partial charge in [0.15, 0.2) is 0 Å². The van der Waals surface area contributed by atoms with Crippen LogP contribution < -0.4 is 0 Å². The van der Waals surface area contributed by atoms with E-state index in [4.69, 9.17) is 0 Å². The van der Waals surface area contributed by atoms with Gasteiger partial charge in [-0.05, 0) is 12.0 Å². The minimum absolute atomic E-state index is 0.118. The SMILES string of the molecule is CC1(CO)CC2CN(Cc3ccccc3)CCN2C1. The Morgan fingerprint density at radius 1 is 1.26 bits per heavy atom. The van der Waals surface area contributed by atoms with Crippen molar-refractivity contribution in [3.8, 4) is 0 Å². The van der Waals surface area contributed by atoms with E-state index in [-0.39, 0.29) is 5.41 Å². The van der Waals surface area contributed by atoms with Gasteiger partial charge in [0.2, 0.25) is 0 Å². The second-order valence-corrected chi connectivity index (χ2v) is 6.52. The predicted octanol–water partition coefficient (Wildman–Crippen LogP) is 1.58. The molecule has 1 aromatic carbocycles. The van der Waals surface area contributed by atoms with E-state index >= 15 is 0 Å². The number of hydrogen-bond acceptors (Lipinski definition) is 3. The lowest BCUT2D eigenvalue weighted by molar-refractivity contribution is 0.0958. The van der Waals surface area contributed by atoms with Gasteiger partial charge >= 0.3 is 0 Å². The Kier molecular flexibility index (Phi) is 3.61. The molecule has 3 rings (SSSR count). The molecule has 2 fully saturated rings. The molecule has 3 nitrogen and oxygen atoms in total. The van der Waals surface area contributed by atoms with Crippen LogP contribution in [0.4, 0.5) is 0 Å². The number of benzene rings is 1. The summed E-state index contributed by atoms with van der Waals surface area (Å²) in [5.74, 6) is 0. The largest absolute Gasteiger partial charge is 0.396 e. The molecule has 2 aliphatic rings. The molecule has 0 radical (unpaired) electrons. The summed E-state index contributed by atoms with van der Waals surface area (Å²) >= 11 is 0. The summed E-state index contributed by atoms with van der Waals surface area (Å²) < 4.78 is 0. The first-order valence-electron chi connectivity index (χ1n) is 7.30. The van der Waals surface area contributed by atoms with Gasteiger partial charge in [0.1, 0.15) is 0 Å². The summed E-state index contributed by atoms with van der Waals surface area (Å²) in [5.41, 5.74) is 1.52. The molecule has 1 N–H and O–H groups in total.